The van der Waals surface area contributed by atoms with E-state index in [1.165, 1.54) is 12.8 Å². The molecule has 0 N–H and O–H groups in total. The van der Waals surface area contributed by atoms with Crippen molar-refractivity contribution < 1.29 is 0 Å². The van der Waals surface area contributed by atoms with E-state index in [9.17, 15) is 0 Å². The van der Waals surface area contributed by atoms with Gasteiger partial charge in [0.2, 0.25) is 0 Å². The van der Waals surface area contributed by atoms with E-state index in [0.29, 0.717) is 5.69 Å². The van der Waals surface area contributed by atoms with Crippen LogP contribution in [0.2, 0.25) is 0 Å². The second-order valence-corrected chi connectivity index (χ2v) is 4.24. The molecule has 0 aromatic carbocycles. The molecule has 2 heterocycles. The lowest BCUT2D eigenvalue weighted by atomic mass is 10.3. The van der Waals surface area contributed by atoms with Crippen LogP contribution in [-0.4, -0.2) is 18.1 Å². The standard InChI is InChI=1S/C10H10BrN3/c11-8-5-10(9(6-12)13-7-8)14-3-1-2-4-14/h5,7H,1-4H2. The van der Waals surface area contributed by atoms with Crippen molar-refractivity contribution in [3.63, 3.8) is 0 Å². The van der Waals surface area contributed by atoms with E-state index in [2.05, 4.69) is 31.9 Å². The lowest BCUT2D eigenvalue weighted by molar-refractivity contribution is 0.949. The Hall–Kier alpha value is -1.08. The fraction of sp³-hybridized carbons (Fsp3) is 0.400. The summed E-state index contributed by atoms with van der Waals surface area (Å²) in [4.78, 5) is 6.31. The van der Waals surface area contributed by atoms with E-state index in [0.717, 1.165) is 23.2 Å². The molecule has 0 amide bonds. The minimum atomic E-state index is 0.523. The van der Waals surface area contributed by atoms with Crippen molar-refractivity contribution >= 4 is 21.6 Å². The minimum Gasteiger partial charge on any atom is -0.369 e. The van der Waals surface area contributed by atoms with E-state index in [4.69, 9.17) is 5.26 Å². The quantitative estimate of drug-likeness (QED) is 0.770. The molecule has 0 radical (unpaired) electrons. The number of rotatable bonds is 1. The molecule has 0 bridgehead atoms. The molecule has 2 rings (SSSR count). The van der Waals surface area contributed by atoms with Crippen LogP contribution in [0.3, 0.4) is 0 Å². The molecule has 1 aliphatic heterocycles. The summed E-state index contributed by atoms with van der Waals surface area (Å²) in [6, 6.07) is 4.10. The van der Waals surface area contributed by atoms with Crippen molar-refractivity contribution in [2.45, 2.75) is 12.8 Å². The third-order valence-corrected chi connectivity index (χ3v) is 2.82. The molecule has 4 heteroatoms. The molecule has 1 aliphatic rings. The van der Waals surface area contributed by atoms with E-state index < -0.39 is 0 Å². The van der Waals surface area contributed by atoms with Crippen LogP contribution in [-0.2, 0) is 0 Å². The van der Waals surface area contributed by atoms with Gasteiger partial charge in [0.1, 0.15) is 6.07 Å². The molecule has 0 saturated carbocycles. The number of nitrogens with zero attached hydrogens (tertiary/aromatic N) is 3. The van der Waals surface area contributed by atoms with Gasteiger partial charge in [-0.3, -0.25) is 0 Å². The van der Waals surface area contributed by atoms with Gasteiger partial charge in [-0.25, -0.2) is 4.98 Å². The summed E-state index contributed by atoms with van der Waals surface area (Å²) in [6.45, 7) is 2.07. The van der Waals surface area contributed by atoms with Crippen molar-refractivity contribution in [1.29, 1.82) is 5.26 Å². The molecule has 1 fully saturated rings. The SMILES string of the molecule is N#Cc1ncc(Br)cc1N1CCCC1. The number of nitriles is 1. The first kappa shape index (κ1) is 9.47. The van der Waals surface area contributed by atoms with Gasteiger partial charge in [-0.05, 0) is 34.8 Å². The minimum absolute atomic E-state index is 0.523. The van der Waals surface area contributed by atoms with Crippen LogP contribution in [0.4, 0.5) is 5.69 Å². The first-order chi connectivity index (χ1) is 6.81. The summed E-state index contributed by atoms with van der Waals surface area (Å²) in [5, 5.41) is 8.92. The number of halogens is 1. The zero-order chi connectivity index (χ0) is 9.97. The molecule has 1 saturated heterocycles. The molecule has 0 unspecified atom stereocenters. The van der Waals surface area contributed by atoms with Gasteiger partial charge in [-0.15, -0.1) is 0 Å². The third-order valence-electron chi connectivity index (χ3n) is 2.39. The summed E-state index contributed by atoms with van der Waals surface area (Å²) >= 11 is 3.37. The van der Waals surface area contributed by atoms with Gasteiger partial charge in [0.05, 0.1) is 5.69 Å². The Kier molecular flexibility index (Phi) is 2.69. The number of hydrogen-bond acceptors (Lipinski definition) is 3. The summed E-state index contributed by atoms with van der Waals surface area (Å²) in [7, 11) is 0. The monoisotopic (exact) mass is 251 g/mol. The van der Waals surface area contributed by atoms with Crippen molar-refractivity contribution in [3.8, 4) is 6.07 Å². The highest BCUT2D eigenvalue weighted by atomic mass is 79.9. The van der Waals surface area contributed by atoms with E-state index in [1.54, 1.807) is 6.20 Å². The Balaban J connectivity index is 2.39. The van der Waals surface area contributed by atoms with E-state index >= 15 is 0 Å². The van der Waals surface area contributed by atoms with Gasteiger partial charge < -0.3 is 4.90 Å². The first-order valence-electron chi connectivity index (χ1n) is 4.62. The fourth-order valence-electron chi connectivity index (χ4n) is 1.71. The summed E-state index contributed by atoms with van der Waals surface area (Å²) in [5.41, 5.74) is 1.48. The molecule has 72 valence electrons. The van der Waals surface area contributed by atoms with Gasteiger partial charge in [0.25, 0.3) is 0 Å². The third kappa shape index (κ3) is 1.73. The Morgan fingerprint density at radius 2 is 2.14 bits per heavy atom. The maximum Gasteiger partial charge on any atom is 0.163 e. The van der Waals surface area contributed by atoms with Crippen LogP contribution in [0.25, 0.3) is 0 Å². The Bertz CT molecular complexity index is 377. The molecule has 0 aliphatic carbocycles. The number of anilines is 1. The lowest BCUT2D eigenvalue weighted by Gasteiger charge is -2.18. The molecule has 1 aromatic heterocycles. The van der Waals surface area contributed by atoms with E-state index in [1.807, 2.05) is 6.07 Å². The summed E-state index contributed by atoms with van der Waals surface area (Å²) in [6.07, 6.45) is 4.08. The molecule has 1 aromatic rings. The first-order valence-corrected chi connectivity index (χ1v) is 5.41. The molecule has 0 atom stereocenters. The van der Waals surface area contributed by atoms with Gasteiger partial charge in [-0.1, -0.05) is 0 Å². The van der Waals surface area contributed by atoms with Crippen molar-refractivity contribution in [1.82, 2.24) is 4.98 Å². The van der Waals surface area contributed by atoms with Crippen LogP contribution >= 0.6 is 15.9 Å². The van der Waals surface area contributed by atoms with Gasteiger partial charge in [0, 0.05) is 23.8 Å². The van der Waals surface area contributed by atoms with Crippen molar-refractivity contribution in [2.75, 3.05) is 18.0 Å². The predicted molar refractivity (Wildman–Crippen MR) is 58.1 cm³/mol. The Labute approximate surface area is 91.5 Å². The average molecular weight is 252 g/mol. The van der Waals surface area contributed by atoms with Crippen LogP contribution in [0.15, 0.2) is 16.7 Å². The van der Waals surface area contributed by atoms with Crippen LogP contribution in [0.5, 0.6) is 0 Å². The largest absolute Gasteiger partial charge is 0.369 e. The summed E-state index contributed by atoms with van der Waals surface area (Å²) < 4.78 is 0.929. The number of aromatic nitrogens is 1. The maximum atomic E-state index is 8.92. The topological polar surface area (TPSA) is 39.9 Å². The smallest absolute Gasteiger partial charge is 0.163 e. The molecular formula is C10H10BrN3. The van der Waals surface area contributed by atoms with Crippen LogP contribution < -0.4 is 4.90 Å². The summed E-state index contributed by atoms with van der Waals surface area (Å²) in [5.74, 6) is 0. The normalized spacial score (nSPS) is 15.6. The van der Waals surface area contributed by atoms with Gasteiger partial charge in [0.15, 0.2) is 5.69 Å². The highest BCUT2D eigenvalue weighted by Gasteiger charge is 2.16. The Morgan fingerprint density at radius 3 is 2.79 bits per heavy atom. The van der Waals surface area contributed by atoms with E-state index in [-0.39, 0.29) is 0 Å². The van der Waals surface area contributed by atoms with Crippen LogP contribution in [0, 0.1) is 11.3 Å². The number of hydrogen-bond donors (Lipinski definition) is 0. The highest BCUT2D eigenvalue weighted by Crippen LogP contribution is 2.25. The molecular weight excluding hydrogens is 242 g/mol. The van der Waals surface area contributed by atoms with Gasteiger partial charge >= 0.3 is 0 Å². The maximum absolute atomic E-state index is 8.92. The molecule has 14 heavy (non-hydrogen) atoms. The highest BCUT2D eigenvalue weighted by molar-refractivity contribution is 9.10. The second kappa shape index (κ2) is 3.97. The second-order valence-electron chi connectivity index (χ2n) is 3.33. The Morgan fingerprint density at radius 1 is 1.43 bits per heavy atom. The average Bonchev–Trinajstić information content (AvgIpc) is 2.70. The fourth-order valence-corrected chi connectivity index (χ4v) is 2.03. The lowest BCUT2D eigenvalue weighted by Crippen LogP contribution is -2.19. The molecule has 3 nitrogen and oxygen atoms in total. The van der Waals surface area contributed by atoms with Crippen LogP contribution in [0.1, 0.15) is 18.5 Å². The molecule has 0 spiro atoms. The van der Waals surface area contributed by atoms with Crippen molar-refractivity contribution in [2.24, 2.45) is 0 Å². The number of pyridine rings is 1. The van der Waals surface area contributed by atoms with Crippen molar-refractivity contribution in [3.05, 3.63) is 22.4 Å². The zero-order valence-electron chi connectivity index (χ0n) is 7.70. The predicted octanol–water partition coefficient (Wildman–Crippen LogP) is 2.32. The zero-order valence-corrected chi connectivity index (χ0v) is 9.29. The van der Waals surface area contributed by atoms with Gasteiger partial charge in [-0.2, -0.15) is 5.26 Å².